The van der Waals surface area contributed by atoms with Crippen LogP contribution >= 0.6 is 0 Å². The third kappa shape index (κ3) is 2.64. The molecule has 0 aliphatic carbocycles. The maximum absolute atomic E-state index is 13.5. The van der Waals surface area contributed by atoms with Gasteiger partial charge in [0.1, 0.15) is 23.2 Å². The lowest BCUT2D eigenvalue weighted by molar-refractivity contribution is 0.413. The highest BCUT2D eigenvalue weighted by molar-refractivity contribution is 7.85. The summed E-state index contributed by atoms with van der Waals surface area (Å²) in [5.74, 6) is -0.114. The van der Waals surface area contributed by atoms with Gasteiger partial charge in [-0.3, -0.25) is 0 Å². The van der Waals surface area contributed by atoms with Crippen molar-refractivity contribution in [3.8, 4) is 11.8 Å². The summed E-state index contributed by atoms with van der Waals surface area (Å²) < 4.78 is 30.9. The van der Waals surface area contributed by atoms with Gasteiger partial charge in [-0.1, -0.05) is 12.1 Å². The number of nitriles is 1. The molecule has 0 amide bonds. The Morgan fingerprint density at radius 1 is 1.26 bits per heavy atom. The second-order valence-corrected chi connectivity index (χ2v) is 5.12. The molecule has 0 N–H and O–H groups in total. The smallest absolute Gasteiger partial charge is 0.142 e. The number of ether oxygens (including phenoxy) is 1. The average Bonchev–Trinajstić information content (AvgIpc) is 2.46. The molecule has 0 spiro atoms. The summed E-state index contributed by atoms with van der Waals surface area (Å²) in [7, 11) is -0.118. The van der Waals surface area contributed by atoms with Gasteiger partial charge in [0.15, 0.2) is 0 Å². The molecule has 1 atom stereocenters. The lowest BCUT2D eigenvalue weighted by Crippen LogP contribution is -1.99. The summed E-state index contributed by atoms with van der Waals surface area (Å²) in [4.78, 5) is 0.622. The summed E-state index contributed by atoms with van der Waals surface area (Å²) in [5.41, 5.74) is -0.191. The van der Waals surface area contributed by atoms with E-state index in [2.05, 4.69) is 0 Å². The van der Waals surface area contributed by atoms with E-state index in [1.165, 1.54) is 25.3 Å². The van der Waals surface area contributed by atoms with Gasteiger partial charge >= 0.3 is 0 Å². The molecule has 96 valence electrons. The quantitative estimate of drug-likeness (QED) is 0.865. The highest BCUT2D eigenvalue weighted by Crippen LogP contribution is 2.24. The van der Waals surface area contributed by atoms with E-state index in [1.54, 1.807) is 30.3 Å². The molecule has 0 saturated heterocycles. The number of rotatable bonds is 3. The molecular formula is C14H10FNO2S. The van der Waals surface area contributed by atoms with Crippen LogP contribution in [-0.2, 0) is 10.8 Å². The monoisotopic (exact) mass is 275 g/mol. The molecule has 5 heteroatoms. The van der Waals surface area contributed by atoms with Crippen molar-refractivity contribution in [2.75, 3.05) is 7.11 Å². The Morgan fingerprint density at radius 2 is 2.00 bits per heavy atom. The van der Waals surface area contributed by atoms with Crippen LogP contribution in [0.5, 0.6) is 5.75 Å². The van der Waals surface area contributed by atoms with Crippen molar-refractivity contribution in [3.63, 3.8) is 0 Å². The normalized spacial score (nSPS) is 11.6. The van der Waals surface area contributed by atoms with E-state index < -0.39 is 16.6 Å². The zero-order valence-electron chi connectivity index (χ0n) is 10.1. The lowest BCUT2D eigenvalue weighted by atomic mass is 10.2. The zero-order chi connectivity index (χ0) is 13.8. The van der Waals surface area contributed by atoms with Crippen LogP contribution in [0.25, 0.3) is 0 Å². The fraction of sp³-hybridized carbons (Fsp3) is 0.0714. The van der Waals surface area contributed by atoms with Crippen molar-refractivity contribution in [2.45, 2.75) is 9.79 Å². The van der Waals surface area contributed by atoms with Crippen molar-refractivity contribution >= 4 is 10.8 Å². The van der Waals surface area contributed by atoms with Gasteiger partial charge in [0.05, 0.1) is 22.8 Å². The molecule has 0 radical (unpaired) electrons. The van der Waals surface area contributed by atoms with Gasteiger partial charge in [-0.15, -0.1) is 0 Å². The molecule has 0 fully saturated rings. The first-order valence-corrected chi connectivity index (χ1v) is 6.57. The molecule has 0 bridgehead atoms. The van der Waals surface area contributed by atoms with Crippen LogP contribution in [0.15, 0.2) is 52.3 Å². The van der Waals surface area contributed by atoms with E-state index in [1.807, 2.05) is 0 Å². The van der Waals surface area contributed by atoms with Crippen LogP contribution in [0.1, 0.15) is 5.56 Å². The first-order valence-electron chi connectivity index (χ1n) is 5.42. The minimum absolute atomic E-state index is 0.163. The molecule has 2 rings (SSSR count). The average molecular weight is 275 g/mol. The Balaban J connectivity index is 2.50. The molecule has 0 aliphatic heterocycles. The van der Waals surface area contributed by atoms with Crippen LogP contribution in [0.2, 0.25) is 0 Å². The van der Waals surface area contributed by atoms with Crippen molar-refractivity contribution in [2.24, 2.45) is 0 Å². The number of halogens is 1. The van der Waals surface area contributed by atoms with E-state index in [4.69, 9.17) is 10.00 Å². The molecule has 0 aliphatic rings. The van der Waals surface area contributed by atoms with E-state index >= 15 is 0 Å². The van der Waals surface area contributed by atoms with Gasteiger partial charge < -0.3 is 4.74 Å². The van der Waals surface area contributed by atoms with Crippen molar-refractivity contribution in [1.82, 2.24) is 0 Å². The van der Waals surface area contributed by atoms with Crippen molar-refractivity contribution < 1.29 is 13.3 Å². The Bertz CT molecular complexity index is 679. The fourth-order valence-electron chi connectivity index (χ4n) is 1.61. The van der Waals surface area contributed by atoms with Gasteiger partial charge in [-0.05, 0) is 30.3 Å². The van der Waals surface area contributed by atoms with E-state index in [9.17, 15) is 8.60 Å². The van der Waals surface area contributed by atoms with Crippen LogP contribution in [-0.4, -0.2) is 11.3 Å². The highest BCUT2D eigenvalue weighted by Gasteiger charge is 2.15. The van der Waals surface area contributed by atoms with E-state index in [0.29, 0.717) is 10.6 Å². The minimum Gasteiger partial charge on any atom is -0.497 e. The largest absolute Gasteiger partial charge is 0.497 e. The predicted molar refractivity (Wildman–Crippen MR) is 68.8 cm³/mol. The van der Waals surface area contributed by atoms with Crippen LogP contribution < -0.4 is 4.74 Å². The van der Waals surface area contributed by atoms with Gasteiger partial charge in [-0.2, -0.15) is 5.26 Å². The summed E-state index contributed by atoms with van der Waals surface area (Å²) in [6.07, 6.45) is 0. The first kappa shape index (κ1) is 13.2. The van der Waals surface area contributed by atoms with Crippen molar-refractivity contribution in [3.05, 3.63) is 53.8 Å². The van der Waals surface area contributed by atoms with Gasteiger partial charge in [0.25, 0.3) is 0 Å². The van der Waals surface area contributed by atoms with Crippen LogP contribution in [0.4, 0.5) is 4.39 Å². The third-order valence-electron chi connectivity index (χ3n) is 2.54. The lowest BCUT2D eigenvalue weighted by Gasteiger charge is -2.06. The Morgan fingerprint density at radius 3 is 2.68 bits per heavy atom. The molecular weight excluding hydrogens is 265 g/mol. The maximum atomic E-state index is 13.5. The zero-order valence-corrected chi connectivity index (χ0v) is 10.9. The molecule has 0 unspecified atom stereocenters. The molecule has 2 aromatic rings. The number of benzene rings is 2. The number of methoxy groups -OCH3 is 1. The molecule has 2 aromatic carbocycles. The van der Waals surface area contributed by atoms with Crippen LogP contribution in [0, 0.1) is 17.1 Å². The Kier molecular flexibility index (Phi) is 3.93. The standard InChI is InChI=1S/C14H10FNO2S/c1-18-10-4-2-5-11(8-10)19(17)14-7-3-6-13(15)12(14)9-16/h2-8H,1H3/t19-/m1/s1. The van der Waals surface area contributed by atoms with Gasteiger partial charge in [-0.25, -0.2) is 8.60 Å². The Hall–Kier alpha value is -2.19. The first-order chi connectivity index (χ1) is 9.17. The second kappa shape index (κ2) is 5.63. The second-order valence-electron chi connectivity index (χ2n) is 3.67. The van der Waals surface area contributed by atoms with E-state index in [-0.39, 0.29) is 10.5 Å². The number of nitrogens with zero attached hydrogens (tertiary/aromatic N) is 1. The van der Waals surface area contributed by atoms with E-state index in [0.717, 1.165) is 0 Å². The molecule has 3 nitrogen and oxygen atoms in total. The highest BCUT2D eigenvalue weighted by atomic mass is 32.2. The third-order valence-corrected chi connectivity index (χ3v) is 3.96. The summed E-state index contributed by atoms with van der Waals surface area (Å²) in [6, 6.07) is 12.5. The predicted octanol–water partition coefficient (Wildman–Crippen LogP) is 2.87. The minimum atomic E-state index is -1.62. The fourth-order valence-corrected chi connectivity index (χ4v) is 2.82. The summed E-state index contributed by atoms with van der Waals surface area (Å²) >= 11 is 0. The molecule has 0 aromatic heterocycles. The van der Waals surface area contributed by atoms with Crippen molar-refractivity contribution in [1.29, 1.82) is 5.26 Å². The molecule has 0 heterocycles. The maximum Gasteiger partial charge on any atom is 0.142 e. The van der Waals surface area contributed by atoms with Gasteiger partial charge in [0, 0.05) is 4.90 Å². The number of hydrogen-bond donors (Lipinski definition) is 0. The summed E-state index contributed by atoms with van der Waals surface area (Å²) in [5, 5.41) is 8.95. The molecule has 19 heavy (non-hydrogen) atoms. The van der Waals surface area contributed by atoms with Gasteiger partial charge in [0.2, 0.25) is 0 Å². The topological polar surface area (TPSA) is 50.1 Å². The summed E-state index contributed by atoms with van der Waals surface area (Å²) in [6.45, 7) is 0. The molecule has 0 saturated carbocycles. The SMILES string of the molecule is COc1cccc([S@@](=O)c2cccc(F)c2C#N)c1. The number of hydrogen-bond acceptors (Lipinski definition) is 3. The van der Waals surface area contributed by atoms with Crippen LogP contribution in [0.3, 0.4) is 0 Å². The Labute approximate surface area is 112 Å².